The standard InChI is InChI=1S/C10H15N3O4/c1-4-5-7-9(13(16)17)8(12(3)11-7)6(2)10(14)15/h6H,4-5H2,1-3H3,(H,14,15). The third-order valence-electron chi connectivity index (χ3n) is 2.59. The lowest BCUT2D eigenvalue weighted by Crippen LogP contribution is -2.13. The fraction of sp³-hybridized carbons (Fsp3) is 0.600. The van der Waals surface area contributed by atoms with E-state index in [4.69, 9.17) is 5.11 Å². The first-order chi connectivity index (χ1) is 7.90. The van der Waals surface area contributed by atoms with E-state index in [2.05, 4.69) is 5.10 Å². The van der Waals surface area contributed by atoms with Crippen molar-refractivity contribution in [3.63, 3.8) is 0 Å². The first-order valence-corrected chi connectivity index (χ1v) is 5.33. The molecule has 1 rings (SSSR count). The van der Waals surface area contributed by atoms with Gasteiger partial charge < -0.3 is 5.11 Å². The fourth-order valence-corrected chi connectivity index (χ4v) is 1.79. The van der Waals surface area contributed by atoms with Gasteiger partial charge in [0.05, 0.1) is 4.92 Å². The number of hydrogen-bond acceptors (Lipinski definition) is 4. The van der Waals surface area contributed by atoms with Crippen molar-refractivity contribution in [2.45, 2.75) is 32.6 Å². The van der Waals surface area contributed by atoms with Gasteiger partial charge >= 0.3 is 11.7 Å². The summed E-state index contributed by atoms with van der Waals surface area (Å²) in [5.74, 6) is -2.04. The van der Waals surface area contributed by atoms with Crippen LogP contribution in [-0.4, -0.2) is 25.8 Å². The normalized spacial score (nSPS) is 12.4. The molecule has 0 saturated heterocycles. The quantitative estimate of drug-likeness (QED) is 0.621. The maximum absolute atomic E-state index is 11.0. The largest absolute Gasteiger partial charge is 0.481 e. The molecule has 0 saturated carbocycles. The van der Waals surface area contributed by atoms with Crippen LogP contribution >= 0.6 is 0 Å². The van der Waals surface area contributed by atoms with E-state index < -0.39 is 16.8 Å². The summed E-state index contributed by atoms with van der Waals surface area (Å²) in [5, 5.41) is 24.0. The molecule has 0 radical (unpaired) electrons. The number of aliphatic carboxylic acids is 1. The molecule has 94 valence electrons. The van der Waals surface area contributed by atoms with Crippen molar-refractivity contribution < 1.29 is 14.8 Å². The van der Waals surface area contributed by atoms with Crippen LogP contribution in [-0.2, 0) is 18.3 Å². The van der Waals surface area contributed by atoms with Gasteiger partial charge in [-0.1, -0.05) is 13.3 Å². The third-order valence-corrected chi connectivity index (χ3v) is 2.59. The van der Waals surface area contributed by atoms with Crippen LogP contribution in [0.2, 0.25) is 0 Å². The SMILES string of the molecule is CCCc1nn(C)c(C(C)C(=O)O)c1[N+](=O)[O-]. The van der Waals surface area contributed by atoms with E-state index in [-0.39, 0.29) is 11.4 Å². The van der Waals surface area contributed by atoms with Gasteiger partial charge in [-0.25, -0.2) is 0 Å². The Morgan fingerprint density at radius 2 is 2.24 bits per heavy atom. The predicted octanol–water partition coefficient (Wildman–Crippen LogP) is 1.47. The Morgan fingerprint density at radius 3 is 2.65 bits per heavy atom. The summed E-state index contributed by atoms with van der Waals surface area (Å²) in [6, 6.07) is 0. The van der Waals surface area contributed by atoms with Gasteiger partial charge in [0, 0.05) is 7.05 Å². The van der Waals surface area contributed by atoms with Crippen LogP contribution in [0, 0.1) is 10.1 Å². The average molecular weight is 241 g/mol. The molecule has 17 heavy (non-hydrogen) atoms. The van der Waals surface area contributed by atoms with Gasteiger partial charge in [-0.2, -0.15) is 5.10 Å². The Labute approximate surface area is 98.2 Å². The minimum absolute atomic E-state index is 0.144. The highest BCUT2D eigenvalue weighted by Crippen LogP contribution is 2.30. The molecule has 1 heterocycles. The molecule has 7 heteroatoms. The monoisotopic (exact) mass is 241 g/mol. The molecular weight excluding hydrogens is 226 g/mol. The zero-order valence-corrected chi connectivity index (χ0v) is 10.0. The highest BCUT2D eigenvalue weighted by Gasteiger charge is 2.32. The van der Waals surface area contributed by atoms with Crippen LogP contribution < -0.4 is 0 Å². The fourth-order valence-electron chi connectivity index (χ4n) is 1.79. The molecule has 7 nitrogen and oxygen atoms in total. The van der Waals surface area contributed by atoms with Gasteiger partial charge in [-0.05, 0) is 13.3 Å². The maximum atomic E-state index is 11.0. The summed E-state index contributed by atoms with van der Waals surface area (Å²) in [6.45, 7) is 3.31. The van der Waals surface area contributed by atoms with Crippen molar-refractivity contribution >= 4 is 11.7 Å². The molecule has 0 aliphatic carbocycles. The third kappa shape index (κ3) is 2.43. The number of rotatable bonds is 5. The van der Waals surface area contributed by atoms with E-state index in [1.807, 2.05) is 6.92 Å². The number of nitro groups is 1. The van der Waals surface area contributed by atoms with E-state index in [1.165, 1.54) is 18.7 Å². The molecule has 0 aliphatic rings. The number of carboxylic acid groups (broad SMARTS) is 1. The Hall–Kier alpha value is -1.92. The average Bonchev–Trinajstić information content (AvgIpc) is 2.54. The molecule has 1 atom stereocenters. The van der Waals surface area contributed by atoms with Gasteiger partial charge in [0.15, 0.2) is 0 Å². The summed E-state index contributed by atoms with van der Waals surface area (Å²) in [6.07, 6.45) is 1.19. The Morgan fingerprint density at radius 1 is 1.65 bits per heavy atom. The van der Waals surface area contributed by atoms with Crippen molar-refractivity contribution in [3.8, 4) is 0 Å². The summed E-state index contributed by atoms with van der Waals surface area (Å²) >= 11 is 0. The minimum Gasteiger partial charge on any atom is -0.481 e. The lowest BCUT2D eigenvalue weighted by molar-refractivity contribution is -0.386. The van der Waals surface area contributed by atoms with Crippen molar-refractivity contribution in [3.05, 3.63) is 21.5 Å². The molecular formula is C10H15N3O4. The molecule has 1 aromatic rings. The van der Waals surface area contributed by atoms with Crippen LogP contribution in [0.1, 0.15) is 37.6 Å². The molecule has 0 spiro atoms. The summed E-state index contributed by atoms with van der Waals surface area (Å²) in [5.41, 5.74) is 0.332. The van der Waals surface area contributed by atoms with E-state index in [9.17, 15) is 14.9 Å². The number of carboxylic acids is 1. The lowest BCUT2D eigenvalue weighted by atomic mass is 10.1. The number of nitrogens with zero attached hydrogens (tertiary/aromatic N) is 3. The minimum atomic E-state index is -1.10. The second kappa shape index (κ2) is 4.94. The number of aromatic nitrogens is 2. The summed E-state index contributed by atoms with van der Waals surface area (Å²) in [4.78, 5) is 21.4. The van der Waals surface area contributed by atoms with Crippen molar-refractivity contribution in [2.75, 3.05) is 0 Å². The van der Waals surface area contributed by atoms with E-state index in [0.29, 0.717) is 12.1 Å². The number of hydrogen-bond donors (Lipinski definition) is 1. The molecule has 0 amide bonds. The molecule has 1 N–H and O–H groups in total. The van der Waals surface area contributed by atoms with Gasteiger partial charge in [-0.15, -0.1) is 0 Å². The van der Waals surface area contributed by atoms with Gasteiger partial charge in [-0.3, -0.25) is 19.6 Å². The van der Waals surface area contributed by atoms with Crippen molar-refractivity contribution in [1.82, 2.24) is 9.78 Å². The van der Waals surface area contributed by atoms with Crippen molar-refractivity contribution in [1.29, 1.82) is 0 Å². The van der Waals surface area contributed by atoms with Crippen molar-refractivity contribution in [2.24, 2.45) is 7.05 Å². The highest BCUT2D eigenvalue weighted by atomic mass is 16.6. The molecule has 1 unspecified atom stereocenters. The second-order valence-electron chi connectivity index (χ2n) is 3.87. The lowest BCUT2D eigenvalue weighted by Gasteiger charge is -2.05. The Kier molecular flexibility index (Phi) is 3.82. The van der Waals surface area contributed by atoms with Crippen LogP contribution in [0.4, 0.5) is 5.69 Å². The van der Waals surface area contributed by atoms with E-state index in [1.54, 1.807) is 0 Å². The zero-order chi connectivity index (χ0) is 13.2. The molecule has 0 aliphatic heterocycles. The predicted molar refractivity (Wildman–Crippen MR) is 59.9 cm³/mol. The summed E-state index contributed by atoms with van der Waals surface area (Å²) in [7, 11) is 1.53. The second-order valence-corrected chi connectivity index (χ2v) is 3.87. The molecule has 0 bridgehead atoms. The van der Waals surface area contributed by atoms with E-state index in [0.717, 1.165) is 6.42 Å². The Balaban J connectivity index is 3.37. The molecule has 1 aromatic heterocycles. The smallest absolute Gasteiger partial charge is 0.314 e. The molecule has 0 fully saturated rings. The van der Waals surface area contributed by atoms with Gasteiger partial charge in [0.25, 0.3) is 0 Å². The van der Waals surface area contributed by atoms with E-state index >= 15 is 0 Å². The first-order valence-electron chi connectivity index (χ1n) is 5.33. The maximum Gasteiger partial charge on any atom is 0.314 e. The first kappa shape index (κ1) is 13.1. The van der Waals surface area contributed by atoms with Crippen LogP contribution in [0.5, 0.6) is 0 Å². The number of aryl methyl sites for hydroxylation is 2. The van der Waals surface area contributed by atoms with Crippen LogP contribution in [0.15, 0.2) is 0 Å². The topological polar surface area (TPSA) is 98.3 Å². The Bertz CT molecular complexity index is 453. The molecule has 0 aromatic carbocycles. The highest BCUT2D eigenvalue weighted by molar-refractivity contribution is 5.76. The number of carbonyl (C=O) groups is 1. The van der Waals surface area contributed by atoms with Gasteiger partial charge in [0.1, 0.15) is 17.3 Å². The zero-order valence-electron chi connectivity index (χ0n) is 10.0. The van der Waals surface area contributed by atoms with Crippen LogP contribution in [0.3, 0.4) is 0 Å². The summed E-state index contributed by atoms with van der Waals surface area (Å²) < 4.78 is 1.29. The van der Waals surface area contributed by atoms with Gasteiger partial charge in [0.2, 0.25) is 0 Å². The van der Waals surface area contributed by atoms with Crippen LogP contribution in [0.25, 0.3) is 0 Å².